The summed E-state index contributed by atoms with van der Waals surface area (Å²) >= 11 is 0. The molecule has 30 heavy (non-hydrogen) atoms. The summed E-state index contributed by atoms with van der Waals surface area (Å²) < 4.78 is 14.5. The molecule has 0 spiro atoms. The molecule has 0 unspecified atom stereocenters. The fourth-order valence-electron chi connectivity index (χ4n) is 2.98. The molecule has 2 aromatic carbocycles. The predicted molar refractivity (Wildman–Crippen MR) is 115 cm³/mol. The molecule has 3 rings (SSSR count). The second kappa shape index (κ2) is 8.09. The summed E-state index contributed by atoms with van der Waals surface area (Å²) in [5.74, 6) is -1.29. The Morgan fingerprint density at radius 3 is 2.30 bits per heavy atom. The van der Waals surface area contributed by atoms with Gasteiger partial charge in [0.25, 0.3) is 11.8 Å². The number of phenols is 1. The first-order valence-electron chi connectivity index (χ1n) is 10.2. The van der Waals surface area contributed by atoms with Gasteiger partial charge in [-0.15, -0.1) is 0 Å². The topological polar surface area (TPSA) is 78.4 Å². The van der Waals surface area contributed by atoms with E-state index < -0.39 is 5.82 Å². The van der Waals surface area contributed by atoms with E-state index in [2.05, 4.69) is 10.6 Å². The molecule has 1 saturated carbocycles. The zero-order chi connectivity index (χ0) is 22.2. The lowest BCUT2D eigenvalue weighted by molar-refractivity contribution is 0.0908. The highest BCUT2D eigenvalue weighted by molar-refractivity contribution is 5.98. The maximum atomic E-state index is 14.5. The van der Waals surface area contributed by atoms with E-state index in [-0.39, 0.29) is 40.6 Å². The number of nitrogens with one attached hydrogen (secondary N) is 2. The molecule has 0 saturated heterocycles. The van der Waals surface area contributed by atoms with Crippen molar-refractivity contribution in [1.29, 1.82) is 0 Å². The van der Waals surface area contributed by atoms with E-state index in [4.69, 9.17) is 0 Å². The van der Waals surface area contributed by atoms with Crippen LogP contribution < -0.4 is 10.6 Å². The van der Waals surface area contributed by atoms with E-state index in [9.17, 15) is 19.1 Å². The fraction of sp³-hybridized carbons (Fsp3) is 0.417. The Morgan fingerprint density at radius 1 is 1.07 bits per heavy atom. The van der Waals surface area contributed by atoms with Crippen LogP contribution >= 0.6 is 0 Å². The van der Waals surface area contributed by atoms with Gasteiger partial charge in [-0.3, -0.25) is 9.59 Å². The molecule has 160 valence electrons. The summed E-state index contributed by atoms with van der Waals surface area (Å²) in [5, 5.41) is 16.4. The molecule has 1 aliphatic carbocycles. The summed E-state index contributed by atoms with van der Waals surface area (Å²) in [6.45, 7) is 9.61. The lowest BCUT2D eigenvalue weighted by Gasteiger charge is -2.28. The molecule has 0 heterocycles. The highest BCUT2D eigenvalue weighted by atomic mass is 19.1. The Balaban J connectivity index is 1.90. The normalized spacial score (nSPS) is 14.9. The van der Waals surface area contributed by atoms with Crippen molar-refractivity contribution in [2.75, 3.05) is 0 Å². The van der Waals surface area contributed by atoms with Crippen LogP contribution in [0.1, 0.15) is 66.8 Å². The minimum atomic E-state index is -0.520. The smallest absolute Gasteiger partial charge is 0.251 e. The lowest BCUT2D eigenvalue weighted by atomic mass is 9.88. The summed E-state index contributed by atoms with van der Waals surface area (Å²) in [6, 6.07) is 7.42. The molecular weight excluding hydrogens is 383 g/mol. The molecule has 1 fully saturated rings. The van der Waals surface area contributed by atoms with Gasteiger partial charge in [-0.25, -0.2) is 4.39 Å². The molecule has 0 aromatic heterocycles. The number of hydrogen-bond donors (Lipinski definition) is 3. The summed E-state index contributed by atoms with van der Waals surface area (Å²) in [4.78, 5) is 24.9. The van der Waals surface area contributed by atoms with Gasteiger partial charge in [0, 0.05) is 28.8 Å². The molecule has 2 aromatic rings. The van der Waals surface area contributed by atoms with Crippen LogP contribution in [0.25, 0.3) is 11.1 Å². The number of halogens is 1. The van der Waals surface area contributed by atoms with Crippen molar-refractivity contribution in [1.82, 2.24) is 10.6 Å². The highest BCUT2D eigenvalue weighted by Gasteiger charge is 2.25. The van der Waals surface area contributed by atoms with Crippen molar-refractivity contribution in [3.63, 3.8) is 0 Å². The number of hydrogen-bond acceptors (Lipinski definition) is 3. The third-order valence-corrected chi connectivity index (χ3v) is 5.72. The van der Waals surface area contributed by atoms with Crippen molar-refractivity contribution >= 4 is 11.8 Å². The van der Waals surface area contributed by atoms with Crippen LogP contribution in [0.5, 0.6) is 5.75 Å². The number of amides is 2. The highest BCUT2D eigenvalue weighted by Crippen LogP contribution is 2.34. The average Bonchev–Trinajstić information content (AvgIpc) is 3.47. The van der Waals surface area contributed by atoms with Crippen LogP contribution in [0.15, 0.2) is 30.3 Å². The fourth-order valence-corrected chi connectivity index (χ4v) is 2.98. The zero-order valence-electron chi connectivity index (χ0n) is 18.1. The number of carbonyl (C=O) groups excluding carboxylic acids is 2. The Morgan fingerprint density at radius 2 is 1.73 bits per heavy atom. The molecule has 0 aliphatic heterocycles. The Hall–Kier alpha value is -2.89. The van der Waals surface area contributed by atoms with Crippen LogP contribution in [0.4, 0.5) is 4.39 Å². The van der Waals surface area contributed by atoms with Crippen molar-refractivity contribution in [3.8, 4) is 16.9 Å². The van der Waals surface area contributed by atoms with Gasteiger partial charge in [0.05, 0.1) is 0 Å². The van der Waals surface area contributed by atoms with Gasteiger partial charge < -0.3 is 15.7 Å². The minimum Gasteiger partial charge on any atom is -0.507 e. The van der Waals surface area contributed by atoms with Crippen LogP contribution in [0.2, 0.25) is 0 Å². The van der Waals surface area contributed by atoms with Gasteiger partial charge in [-0.2, -0.15) is 0 Å². The molecule has 1 atom stereocenters. The monoisotopic (exact) mass is 412 g/mol. The first-order valence-corrected chi connectivity index (χ1v) is 10.2. The lowest BCUT2D eigenvalue weighted by Crippen LogP contribution is -2.41. The molecule has 2 amide bonds. The molecule has 6 heteroatoms. The Bertz CT molecular complexity index is 991. The van der Waals surface area contributed by atoms with Crippen LogP contribution in [0, 0.1) is 18.2 Å². The van der Waals surface area contributed by atoms with Crippen LogP contribution in [0.3, 0.4) is 0 Å². The van der Waals surface area contributed by atoms with Crippen LogP contribution in [-0.2, 0) is 0 Å². The van der Waals surface area contributed by atoms with Gasteiger partial charge in [0.1, 0.15) is 11.6 Å². The Labute approximate surface area is 176 Å². The Kier molecular flexibility index (Phi) is 5.88. The largest absolute Gasteiger partial charge is 0.507 e. The molecular formula is C24H29FN2O3. The van der Waals surface area contributed by atoms with Crippen molar-refractivity contribution in [2.45, 2.75) is 59.5 Å². The van der Waals surface area contributed by atoms with E-state index in [1.165, 1.54) is 12.1 Å². The minimum absolute atomic E-state index is 0.0650. The zero-order valence-corrected chi connectivity index (χ0v) is 18.1. The predicted octanol–water partition coefficient (Wildman–Crippen LogP) is 4.56. The second-order valence-corrected chi connectivity index (χ2v) is 9.17. The van der Waals surface area contributed by atoms with E-state index in [1.54, 1.807) is 25.1 Å². The standard InChI is InChI=1S/C24H29FN2O3/c1-13-19(10-16(11-20(13)25)23(30)27-17-7-8-17)18-9-6-15(12-21(18)28)22(29)26-14(2)24(3,4)5/h6,9-12,14,17,28H,7-8H2,1-5H3,(H,26,29)(H,27,30)/t14-/m1/s1. The van der Waals surface area contributed by atoms with Gasteiger partial charge in [0.15, 0.2) is 0 Å². The van der Waals surface area contributed by atoms with Crippen LogP contribution in [-0.4, -0.2) is 29.0 Å². The molecule has 1 aliphatic rings. The SMILES string of the molecule is Cc1c(F)cc(C(=O)NC2CC2)cc1-c1ccc(C(=O)N[C@H](C)C(C)(C)C)cc1O. The maximum absolute atomic E-state index is 14.5. The van der Waals surface area contributed by atoms with Crippen molar-refractivity contribution in [3.05, 3.63) is 52.8 Å². The number of rotatable bonds is 5. The van der Waals surface area contributed by atoms with Gasteiger partial charge >= 0.3 is 0 Å². The summed E-state index contributed by atoms with van der Waals surface area (Å²) in [5.41, 5.74) is 1.53. The van der Waals surface area contributed by atoms with E-state index in [0.29, 0.717) is 22.3 Å². The molecule has 3 N–H and O–H groups in total. The summed E-state index contributed by atoms with van der Waals surface area (Å²) in [7, 11) is 0. The first-order chi connectivity index (χ1) is 14.0. The molecule has 5 nitrogen and oxygen atoms in total. The van der Waals surface area contributed by atoms with E-state index in [1.807, 2.05) is 27.7 Å². The molecule has 0 bridgehead atoms. The van der Waals surface area contributed by atoms with E-state index >= 15 is 0 Å². The number of carbonyl (C=O) groups is 2. The van der Waals surface area contributed by atoms with Gasteiger partial charge in [-0.05, 0) is 73.6 Å². The summed E-state index contributed by atoms with van der Waals surface area (Å²) in [6.07, 6.45) is 1.87. The maximum Gasteiger partial charge on any atom is 0.251 e. The van der Waals surface area contributed by atoms with Gasteiger partial charge in [-0.1, -0.05) is 20.8 Å². The number of aromatic hydroxyl groups is 1. The van der Waals surface area contributed by atoms with Crippen molar-refractivity contribution in [2.24, 2.45) is 5.41 Å². The van der Waals surface area contributed by atoms with E-state index in [0.717, 1.165) is 12.8 Å². The third-order valence-electron chi connectivity index (χ3n) is 5.72. The first kappa shape index (κ1) is 21.8. The van der Waals surface area contributed by atoms with Gasteiger partial charge in [0.2, 0.25) is 0 Å². The number of phenolic OH excluding ortho intramolecular Hbond substituents is 1. The van der Waals surface area contributed by atoms with Crippen molar-refractivity contribution < 1.29 is 19.1 Å². The number of benzene rings is 2. The second-order valence-electron chi connectivity index (χ2n) is 9.17. The third kappa shape index (κ3) is 4.81. The molecule has 0 radical (unpaired) electrons. The quantitative estimate of drug-likeness (QED) is 0.673. The average molecular weight is 413 g/mol.